The predicted molar refractivity (Wildman–Crippen MR) is 102 cm³/mol. The summed E-state index contributed by atoms with van der Waals surface area (Å²) < 4.78 is 0. The second-order valence-corrected chi connectivity index (χ2v) is 5.67. The molecule has 1 atom stereocenters. The van der Waals surface area contributed by atoms with Gasteiger partial charge in [0, 0.05) is 33.6 Å². The highest BCUT2D eigenvalue weighted by molar-refractivity contribution is 6.31. The average molecular weight is 404 g/mol. The van der Waals surface area contributed by atoms with Gasteiger partial charge in [0.15, 0.2) is 0 Å². The van der Waals surface area contributed by atoms with Gasteiger partial charge in [0.25, 0.3) is 0 Å². The zero-order valence-corrected chi connectivity index (χ0v) is 15.4. The van der Waals surface area contributed by atoms with Crippen LogP contribution in [-0.2, 0) is 5.60 Å². The summed E-state index contributed by atoms with van der Waals surface area (Å²) in [4.78, 5) is 8.02. The molecule has 126 valence electrons. The maximum atomic E-state index is 11.5. The average Bonchev–Trinajstić information content (AvgIpc) is 2.56. The Morgan fingerprint density at radius 1 is 0.792 bits per heavy atom. The molecule has 0 amide bonds. The first-order chi connectivity index (χ1) is 10.6. The van der Waals surface area contributed by atoms with Gasteiger partial charge in [-0.3, -0.25) is 0 Å². The zero-order valence-electron chi connectivity index (χ0n) is 12.3. The SMILES string of the molecule is Cl.Cl.OC(c1ccc(Cl)cc1)(c1cncnc1)c1ccccc1Cl. The molecular formula is C17H14Cl4N2O. The molecule has 0 aliphatic carbocycles. The number of rotatable bonds is 3. The van der Waals surface area contributed by atoms with E-state index in [9.17, 15) is 5.11 Å². The van der Waals surface area contributed by atoms with Gasteiger partial charge in [0.2, 0.25) is 0 Å². The van der Waals surface area contributed by atoms with E-state index in [4.69, 9.17) is 23.2 Å². The van der Waals surface area contributed by atoms with Crippen molar-refractivity contribution in [3.05, 3.63) is 94.0 Å². The summed E-state index contributed by atoms with van der Waals surface area (Å²) in [7, 11) is 0. The van der Waals surface area contributed by atoms with Crippen molar-refractivity contribution in [2.24, 2.45) is 0 Å². The van der Waals surface area contributed by atoms with E-state index >= 15 is 0 Å². The topological polar surface area (TPSA) is 46.0 Å². The highest BCUT2D eigenvalue weighted by Gasteiger charge is 2.36. The van der Waals surface area contributed by atoms with Crippen LogP contribution in [0.15, 0.2) is 67.3 Å². The van der Waals surface area contributed by atoms with Crippen molar-refractivity contribution >= 4 is 48.0 Å². The number of aromatic nitrogens is 2. The number of halogens is 4. The molecule has 0 saturated heterocycles. The van der Waals surface area contributed by atoms with Gasteiger partial charge in [0.1, 0.15) is 11.9 Å². The number of benzene rings is 2. The first kappa shape index (κ1) is 20.7. The van der Waals surface area contributed by atoms with Gasteiger partial charge in [-0.25, -0.2) is 9.97 Å². The largest absolute Gasteiger partial charge is 0.376 e. The smallest absolute Gasteiger partial charge is 0.144 e. The molecule has 0 bridgehead atoms. The lowest BCUT2D eigenvalue weighted by molar-refractivity contribution is 0.125. The zero-order chi connectivity index (χ0) is 15.6. The summed E-state index contributed by atoms with van der Waals surface area (Å²) in [6, 6.07) is 14.1. The summed E-state index contributed by atoms with van der Waals surface area (Å²) >= 11 is 12.3. The second kappa shape index (κ2) is 8.65. The number of hydrogen-bond acceptors (Lipinski definition) is 3. The fourth-order valence-electron chi connectivity index (χ4n) is 2.41. The van der Waals surface area contributed by atoms with Gasteiger partial charge in [0.05, 0.1) is 0 Å². The van der Waals surface area contributed by atoms with Crippen molar-refractivity contribution in [1.82, 2.24) is 9.97 Å². The minimum absolute atomic E-state index is 0. The Balaban J connectivity index is 0.00000144. The maximum Gasteiger partial charge on any atom is 0.144 e. The molecule has 0 radical (unpaired) electrons. The lowest BCUT2D eigenvalue weighted by Gasteiger charge is -2.30. The van der Waals surface area contributed by atoms with Crippen LogP contribution in [-0.4, -0.2) is 15.1 Å². The number of hydrogen-bond donors (Lipinski definition) is 1. The van der Waals surface area contributed by atoms with Gasteiger partial charge in [-0.15, -0.1) is 24.8 Å². The molecule has 24 heavy (non-hydrogen) atoms. The molecule has 2 aromatic carbocycles. The maximum absolute atomic E-state index is 11.5. The molecule has 7 heteroatoms. The minimum Gasteiger partial charge on any atom is -0.376 e. The Bertz CT molecular complexity index is 784. The summed E-state index contributed by atoms with van der Waals surface area (Å²) in [6.45, 7) is 0. The van der Waals surface area contributed by atoms with E-state index in [0.29, 0.717) is 26.7 Å². The molecule has 0 fully saturated rings. The van der Waals surface area contributed by atoms with Crippen molar-refractivity contribution in [1.29, 1.82) is 0 Å². The van der Waals surface area contributed by atoms with E-state index in [1.807, 2.05) is 12.1 Å². The van der Waals surface area contributed by atoms with Crippen molar-refractivity contribution < 1.29 is 5.11 Å². The predicted octanol–water partition coefficient (Wildman–Crippen LogP) is 4.91. The van der Waals surface area contributed by atoms with Crippen molar-refractivity contribution in [3.8, 4) is 0 Å². The van der Waals surface area contributed by atoms with Crippen LogP contribution in [0.1, 0.15) is 16.7 Å². The minimum atomic E-state index is -1.45. The van der Waals surface area contributed by atoms with Crippen LogP contribution >= 0.6 is 48.0 Å². The van der Waals surface area contributed by atoms with Gasteiger partial charge >= 0.3 is 0 Å². The van der Waals surface area contributed by atoms with Gasteiger partial charge in [-0.05, 0) is 23.8 Å². The molecule has 1 unspecified atom stereocenters. The summed E-state index contributed by atoms with van der Waals surface area (Å²) in [5.41, 5.74) is 0.281. The van der Waals surface area contributed by atoms with E-state index in [-0.39, 0.29) is 24.8 Å². The quantitative estimate of drug-likeness (QED) is 0.675. The highest BCUT2D eigenvalue weighted by Crippen LogP contribution is 2.39. The third-order valence-corrected chi connectivity index (χ3v) is 4.09. The Hall–Kier alpha value is -1.36. The number of aliphatic hydroxyl groups is 1. The molecule has 1 aromatic heterocycles. The molecule has 3 aromatic rings. The molecule has 0 aliphatic rings. The molecule has 0 aliphatic heterocycles. The van der Waals surface area contributed by atoms with E-state index in [1.165, 1.54) is 6.33 Å². The summed E-state index contributed by atoms with van der Waals surface area (Å²) in [5, 5.41) is 12.5. The van der Waals surface area contributed by atoms with Crippen LogP contribution in [0.2, 0.25) is 10.0 Å². The standard InChI is InChI=1S/C17H12Cl2N2O.2ClH/c18-14-7-5-12(6-8-14)17(22,13-9-20-11-21-10-13)15-3-1-2-4-16(15)19;;/h1-11,22H;2*1H. The molecule has 1 N–H and O–H groups in total. The van der Waals surface area contributed by atoms with Crippen LogP contribution in [0.5, 0.6) is 0 Å². The van der Waals surface area contributed by atoms with E-state index in [2.05, 4.69) is 9.97 Å². The molecule has 1 heterocycles. The van der Waals surface area contributed by atoms with Crippen LogP contribution in [0, 0.1) is 0 Å². The summed E-state index contributed by atoms with van der Waals surface area (Å²) in [5.74, 6) is 0. The Kier molecular flexibility index (Phi) is 7.46. The molecular weight excluding hydrogens is 390 g/mol. The Morgan fingerprint density at radius 3 is 1.96 bits per heavy atom. The van der Waals surface area contributed by atoms with Gasteiger partial charge in [-0.2, -0.15) is 0 Å². The van der Waals surface area contributed by atoms with E-state index < -0.39 is 5.60 Å². The van der Waals surface area contributed by atoms with Gasteiger partial charge < -0.3 is 5.11 Å². The summed E-state index contributed by atoms with van der Waals surface area (Å²) in [6.07, 6.45) is 4.56. The fraction of sp³-hybridized carbons (Fsp3) is 0.0588. The monoisotopic (exact) mass is 402 g/mol. The van der Waals surface area contributed by atoms with Crippen LogP contribution in [0.4, 0.5) is 0 Å². The van der Waals surface area contributed by atoms with E-state index in [1.54, 1.807) is 48.8 Å². The Labute approximate surface area is 162 Å². The van der Waals surface area contributed by atoms with Crippen molar-refractivity contribution in [3.63, 3.8) is 0 Å². The van der Waals surface area contributed by atoms with Crippen molar-refractivity contribution in [2.75, 3.05) is 0 Å². The van der Waals surface area contributed by atoms with E-state index in [0.717, 1.165) is 0 Å². The van der Waals surface area contributed by atoms with Crippen LogP contribution in [0.25, 0.3) is 0 Å². The third kappa shape index (κ3) is 3.82. The van der Waals surface area contributed by atoms with Crippen LogP contribution in [0.3, 0.4) is 0 Å². The molecule has 3 nitrogen and oxygen atoms in total. The highest BCUT2D eigenvalue weighted by atomic mass is 35.5. The second-order valence-electron chi connectivity index (χ2n) is 4.82. The molecule has 3 rings (SSSR count). The number of nitrogens with zero attached hydrogens (tertiary/aromatic N) is 2. The lowest BCUT2D eigenvalue weighted by atomic mass is 9.81. The lowest BCUT2D eigenvalue weighted by Crippen LogP contribution is -2.29. The molecule has 0 saturated carbocycles. The normalized spacial score (nSPS) is 12.5. The van der Waals surface area contributed by atoms with Gasteiger partial charge in [-0.1, -0.05) is 53.5 Å². The first-order valence-electron chi connectivity index (χ1n) is 6.61. The van der Waals surface area contributed by atoms with Crippen molar-refractivity contribution in [2.45, 2.75) is 5.60 Å². The third-order valence-electron chi connectivity index (χ3n) is 3.50. The van der Waals surface area contributed by atoms with Crippen LogP contribution < -0.4 is 0 Å². The first-order valence-corrected chi connectivity index (χ1v) is 7.37. The fourth-order valence-corrected chi connectivity index (χ4v) is 2.81. The Morgan fingerprint density at radius 2 is 1.38 bits per heavy atom. The molecule has 0 spiro atoms.